The molecule has 6 rings (SSSR count). The van der Waals surface area contributed by atoms with Crippen LogP contribution in [0.1, 0.15) is 0 Å². The average Bonchev–Trinajstić information content (AvgIpc) is 3.00. The highest BCUT2D eigenvalue weighted by atomic mass is 16.6. The Bertz CT molecular complexity index is 1450. The Balaban J connectivity index is 1.91. The zero-order chi connectivity index (χ0) is 18.8. The van der Waals surface area contributed by atoms with E-state index in [0.717, 1.165) is 38.6 Å². The summed E-state index contributed by atoms with van der Waals surface area (Å²) in [4.78, 5) is 11.0. The van der Waals surface area contributed by atoms with E-state index in [1.54, 1.807) is 12.1 Å². The van der Waals surface area contributed by atoms with E-state index in [0.29, 0.717) is 0 Å². The molecule has 0 N–H and O–H groups in total. The van der Waals surface area contributed by atoms with Crippen LogP contribution in [0.15, 0.2) is 84.9 Å². The maximum atomic E-state index is 11.4. The Labute approximate surface area is 160 Å². The number of nitrogens with zero attached hydrogens (tertiary/aromatic N) is 2. The van der Waals surface area contributed by atoms with Crippen LogP contribution in [0, 0.1) is 10.1 Å². The van der Waals surface area contributed by atoms with E-state index in [1.807, 2.05) is 18.2 Å². The molecular weight excluding hydrogens is 348 g/mol. The standard InChI is InChI=1S/C24H14N2O2/c27-26(28)15-12-13-23-21(14-15)20-10-5-9-19-17-7-2-1-6-16(17)18-8-3-4-11-22(18)25(23)24(19)20/h1-14H. The Kier molecular flexibility index (Phi) is 2.87. The van der Waals surface area contributed by atoms with Gasteiger partial charge in [0, 0.05) is 34.0 Å². The summed E-state index contributed by atoms with van der Waals surface area (Å²) in [5.74, 6) is 0. The molecule has 0 bridgehead atoms. The third kappa shape index (κ3) is 1.84. The van der Waals surface area contributed by atoms with Crippen LogP contribution in [0.25, 0.3) is 49.7 Å². The van der Waals surface area contributed by atoms with Crippen LogP contribution in [0.3, 0.4) is 0 Å². The molecule has 4 aromatic carbocycles. The molecule has 0 saturated heterocycles. The van der Waals surface area contributed by atoms with Crippen LogP contribution in [0.2, 0.25) is 0 Å². The number of aromatic nitrogens is 1. The molecule has 0 unspecified atom stereocenters. The summed E-state index contributed by atoms with van der Waals surface area (Å²) in [7, 11) is 0. The van der Waals surface area contributed by atoms with E-state index in [1.165, 1.54) is 11.1 Å². The first-order valence-electron chi connectivity index (χ1n) is 9.15. The molecule has 2 heterocycles. The lowest BCUT2D eigenvalue weighted by Crippen LogP contribution is -1.95. The Morgan fingerprint density at radius 2 is 1.36 bits per heavy atom. The second-order valence-corrected chi connectivity index (χ2v) is 7.06. The molecule has 0 amide bonds. The minimum atomic E-state index is -0.332. The highest BCUT2D eigenvalue weighted by Crippen LogP contribution is 2.46. The highest BCUT2D eigenvalue weighted by molar-refractivity contribution is 6.16. The number of hydrogen-bond acceptors (Lipinski definition) is 2. The fourth-order valence-electron chi connectivity index (χ4n) is 4.49. The number of fused-ring (bicyclic) bond motifs is 8. The van der Waals surface area contributed by atoms with Gasteiger partial charge in [-0.1, -0.05) is 60.7 Å². The van der Waals surface area contributed by atoms with Crippen molar-refractivity contribution in [2.75, 3.05) is 0 Å². The highest BCUT2D eigenvalue weighted by Gasteiger charge is 2.24. The molecule has 1 aromatic heterocycles. The minimum Gasteiger partial charge on any atom is -0.308 e. The molecule has 132 valence electrons. The molecule has 0 radical (unpaired) electrons. The van der Waals surface area contributed by atoms with Crippen molar-refractivity contribution in [1.29, 1.82) is 0 Å². The van der Waals surface area contributed by atoms with Crippen molar-refractivity contribution >= 4 is 27.5 Å². The van der Waals surface area contributed by atoms with Gasteiger partial charge in [-0.05, 0) is 23.3 Å². The number of nitro benzene ring substituents is 1. The fraction of sp³-hybridized carbons (Fsp3) is 0. The van der Waals surface area contributed by atoms with Crippen molar-refractivity contribution in [3.05, 3.63) is 95.0 Å². The number of rotatable bonds is 1. The van der Waals surface area contributed by atoms with E-state index in [2.05, 4.69) is 59.2 Å². The lowest BCUT2D eigenvalue weighted by atomic mass is 9.94. The van der Waals surface area contributed by atoms with E-state index >= 15 is 0 Å². The molecule has 0 spiro atoms. The molecule has 28 heavy (non-hydrogen) atoms. The van der Waals surface area contributed by atoms with Crippen LogP contribution in [0.5, 0.6) is 0 Å². The topological polar surface area (TPSA) is 48.1 Å². The average molecular weight is 362 g/mol. The van der Waals surface area contributed by atoms with Crippen LogP contribution < -0.4 is 0 Å². The van der Waals surface area contributed by atoms with Crippen molar-refractivity contribution in [3.8, 4) is 27.9 Å². The normalized spacial score (nSPS) is 11.9. The van der Waals surface area contributed by atoms with Crippen molar-refractivity contribution in [2.45, 2.75) is 0 Å². The summed E-state index contributed by atoms with van der Waals surface area (Å²) >= 11 is 0. The molecule has 1 aliphatic rings. The van der Waals surface area contributed by atoms with Gasteiger partial charge in [0.25, 0.3) is 5.69 Å². The Morgan fingerprint density at radius 1 is 0.679 bits per heavy atom. The third-order valence-corrected chi connectivity index (χ3v) is 5.63. The van der Waals surface area contributed by atoms with E-state index < -0.39 is 0 Å². The monoisotopic (exact) mass is 362 g/mol. The SMILES string of the molecule is O=[N+]([O-])c1ccc2c(c1)c1cccc3c1n2-c1ccccc1-c1ccccc1-3. The first-order valence-corrected chi connectivity index (χ1v) is 9.15. The zero-order valence-corrected chi connectivity index (χ0v) is 14.8. The molecule has 0 fully saturated rings. The number of hydrogen-bond donors (Lipinski definition) is 0. The van der Waals surface area contributed by atoms with Crippen molar-refractivity contribution in [3.63, 3.8) is 0 Å². The molecule has 0 atom stereocenters. The summed E-state index contributed by atoms with van der Waals surface area (Å²) in [6, 6.07) is 28.2. The lowest BCUT2D eigenvalue weighted by Gasteiger charge is -2.11. The van der Waals surface area contributed by atoms with Crippen LogP contribution in [-0.4, -0.2) is 9.49 Å². The minimum absolute atomic E-state index is 0.114. The van der Waals surface area contributed by atoms with Crippen molar-refractivity contribution < 1.29 is 4.92 Å². The predicted molar refractivity (Wildman–Crippen MR) is 112 cm³/mol. The zero-order valence-electron chi connectivity index (χ0n) is 14.8. The second-order valence-electron chi connectivity index (χ2n) is 7.06. The van der Waals surface area contributed by atoms with Crippen molar-refractivity contribution in [1.82, 2.24) is 4.57 Å². The first kappa shape index (κ1) is 15.2. The first-order chi connectivity index (χ1) is 13.7. The summed E-state index contributed by atoms with van der Waals surface area (Å²) in [6.07, 6.45) is 0. The molecular formula is C24H14N2O2. The number of non-ortho nitro benzene ring substituents is 1. The molecule has 5 aromatic rings. The third-order valence-electron chi connectivity index (χ3n) is 5.63. The maximum absolute atomic E-state index is 11.4. The van der Waals surface area contributed by atoms with Gasteiger partial charge in [0.15, 0.2) is 0 Å². The summed E-state index contributed by atoms with van der Waals surface area (Å²) in [6.45, 7) is 0. The van der Waals surface area contributed by atoms with E-state index in [-0.39, 0.29) is 10.6 Å². The van der Waals surface area contributed by atoms with Crippen molar-refractivity contribution in [2.24, 2.45) is 0 Å². The summed E-state index contributed by atoms with van der Waals surface area (Å²) in [5.41, 5.74) is 7.95. The van der Waals surface area contributed by atoms with Gasteiger partial charge < -0.3 is 4.57 Å². The van der Waals surface area contributed by atoms with Gasteiger partial charge in [0.2, 0.25) is 0 Å². The van der Waals surface area contributed by atoms with Gasteiger partial charge in [-0.25, -0.2) is 0 Å². The van der Waals surface area contributed by atoms with E-state index in [4.69, 9.17) is 0 Å². The lowest BCUT2D eigenvalue weighted by molar-refractivity contribution is -0.384. The van der Waals surface area contributed by atoms with Crippen LogP contribution in [-0.2, 0) is 0 Å². The molecule has 1 aliphatic heterocycles. The van der Waals surface area contributed by atoms with Gasteiger partial charge in [-0.2, -0.15) is 0 Å². The Hall–Kier alpha value is -3.92. The van der Waals surface area contributed by atoms with Crippen LogP contribution >= 0.6 is 0 Å². The smallest absolute Gasteiger partial charge is 0.270 e. The number of benzene rings is 4. The molecule has 4 heteroatoms. The number of para-hydroxylation sites is 2. The summed E-state index contributed by atoms with van der Waals surface area (Å²) < 4.78 is 2.25. The summed E-state index contributed by atoms with van der Waals surface area (Å²) in [5, 5.41) is 13.3. The molecule has 4 nitrogen and oxygen atoms in total. The quantitative estimate of drug-likeness (QED) is 0.253. The molecule has 0 saturated carbocycles. The second kappa shape index (κ2) is 5.30. The maximum Gasteiger partial charge on any atom is 0.270 e. The van der Waals surface area contributed by atoms with E-state index in [9.17, 15) is 10.1 Å². The van der Waals surface area contributed by atoms with Gasteiger partial charge in [-0.3, -0.25) is 10.1 Å². The fourth-order valence-corrected chi connectivity index (χ4v) is 4.49. The van der Waals surface area contributed by atoms with Gasteiger partial charge in [0.1, 0.15) is 0 Å². The number of nitro groups is 1. The van der Waals surface area contributed by atoms with Gasteiger partial charge in [0.05, 0.1) is 21.6 Å². The largest absolute Gasteiger partial charge is 0.308 e. The van der Waals surface area contributed by atoms with Gasteiger partial charge in [-0.15, -0.1) is 0 Å². The predicted octanol–water partition coefficient (Wildman–Crippen LogP) is 6.34. The molecule has 0 aliphatic carbocycles. The van der Waals surface area contributed by atoms with Crippen LogP contribution in [0.4, 0.5) is 5.69 Å². The Morgan fingerprint density at radius 3 is 2.14 bits per heavy atom. The van der Waals surface area contributed by atoms with Gasteiger partial charge >= 0.3 is 0 Å².